The number of methoxy groups -OCH3 is 2. The van der Waals surface area contributed by atoms with Gasteiger partial charge in [-0.15, -0.1) is 0 Å². The Morgan fingerprint density at radius 2 is 1.87 bits per heavy atom. The molecular weight excluding hydrogens is 384 g/mol. The standard InChI is InChI=1S/C23H28N2O5/c1-6-14(2)25-13-17-9-18(7-8-21(17)30-15(3)23(25)27)24-22(26)16-10-19(28-4)12-20(11-16)29-5/h7-12,14-15H,6,13H2,1-5H3,(H,24,26)/t14-,15+/m0/s1. The van der Waals surface area contributed by atoms with Crippen LogP contribution < -0.4 is 19.5 Å². The SMILES string of the molecule is CC[C@H](C)N1Cc2cc(NC(=O)c3cc(OC)cc(OC)c3)ccc2O[C@H](C)C1=O. The largest absolute Gasteiger partial charge is 0.497 e. The number of rotatable bonds is 6. The van der Waals surface area contributed by atoms with Crippen LogP contribution in [0.25, 0.3) is 0 Å². The molecule has 2 aromatic carbocycles. The van der Waals surface area contributed by atoms with E-state index in [2.05, 4.69) is 5.32 Å². The molecule has 0 unspecified atom stereocenters. The first-order valence-corrected chi connectivity index (χ1v) is 10.0. The first-order valence-electron chi connectivity index (χ1n) is 10.0. The van der Waals surface area contributed by atoms with E-state index in [1.54, 1.807) is 37.3 Å². The second kappa shape index (κ2) is 9.07. The maximum Gasteiger partial charge on any atom is 0.263 e. The van der Waals surface area contributed by atoms with Gasteiger partial charge in [0.15, 0.2) is 6.10 Å². The molecule has 0 fully saturated rings. The van der Waals surface area contributed by atoms with Crippen molar-refractivity contribution in [3.05, 3.63) is 47.5 Å². The quantitative estimate of drug-likeness (QED) is 0.780. The minimum absolute atomic E-state index is 0.0328. The minimum Gasteiger partial charge on any atom is -0.497 e. The highest BCUT2D eigenvalue weighted by atomic mass is 16.5. The van der Waals surface area contributed by atoms with Crippen molar-refractivity contribution in [2.24, 2.45) is 0 Å². The third kappa shape index (κ3) is 4.50. The van der Waals surface area contributed by atoms with Gasteiger partial charge in [-0.2, -0.15) is 0 Å². The van der Waals surface area contributed by atoms with Crippen molar-refractivity contribution in [1.29, 1.82) is 0 Å². The van der Waals surface area contributed by atoms with Crippen molar-refractivity contribution in [3.8, 4) is 17.2 Å². The zero-order valence-corrected chi connectivity index (χ0v) is 18.0. The van der Waals surface area contributed by atoms with Gasteiger partial charge in [-0.1, -0.05) is 6.92 Å². The van der Waals surface area contributed by atoms with Crippen LogP contribution in [0, 0.1) is 0 Å². The van der Waals surface area contributed by atoms with Crippen LogP contribution in [0.5, 0.6) is 17.2 Å². The minimum atomic E-state index is -0.551. The summed E-state index contributed by atoms with van der Waals surface area (Å²) >= 11 is 0. The Balaban J connectivity index is 1.86. The van der Waals surface area contributed by atoms with Gasteiger partial charge in [-0.05, 0) is 50.6 Å². The normalized spacial score (nSPS) is 16.8. The molecule has 0 radical (unpaired) electrons. The Bertz CT molecular complexity index is 921. The van der Waals surface area contributed by atoms with Crippen LogP contribution in [0.1, 0.15) is 43.1 Å². The predicted octanol–water partition coefficient (Wildman–Crippen LogP) is 3.86. The van der Waals surface area contributed by atoms with E-state index in [9.17, 15) is 9.59 Å². The van der Waals surface area contributed by atoms with Gasteiger partial charge in [0.05, 0.1) is 14.2 Å². The number of benzene rings is 2. The summed E-state index contributed by atoms with van der Waals surface area (Å²) in [4.78, 5) is 27.3. The van der Waals surface area contributed by atoms with Gasteiger partial charge in [-0.25, -0.2) is 0 Å². The van der Waals surface area contributed by atoms with E-state index in [-0.39, 0.29) is 17.9 Å². The zero-order valence-electron chi connectivity index (χ0n) is 18.0. The Kier molecular flexibility index (Phi) is 6.50. The maximum absolute atomic E-state index is 12.8. The number of fused-ring (bicyclic) bond motifs is 1. The summed E-state index contributed by atoms with van der Waals surface area (Å²) in [5.41, 5.74) is 1.90. The highest BCUT2D eigenvalue weighted by Gasteiger charge is 2.30. The van der Waals surface area contributed by atoms with Crippen molar-refractivity contribution in [3.63, 3.8) is 0 Å². The Morgan fingerprint density at radius 1 is 1.20 bits per heavy atom. The monoisotopic (exact) mass is 412 g/mol. The predicted molar refractivity (Wildman–Crippen MR) is 114 cm³/mol. The van der Waals surface area contributed by atoms with E-state index in [0.717, 1.165) is 12.0 Å². The summed E-state index contributed by atoms with van der Waals surface area (Å²) in [6, 6.07) is 10.5. The number of carbonyl (C=O) groups excluding carboxylic acids is 2. The third-order valence-corrected chi connectivity index (χ3v) is 5.33. The average molecular weight is 412 g/mol. The van der Waals surface area contributed by atoms with E-state index >= 15 is 0 Å². The Labute approximate surface area is 176 Å². The fraction of sp³-hybridized carbons (Fsp3) is 0.391. The van der Waals surface area contributed by atoms with E-state index in [1.807, 2.05) is 24.8 Å². The van der Waals surface area contributed by atoms with E-state index in [4.69, 9.17) is 14.2 Å². The van der Waals surface area contributed by atoms with Gasteiger partial charge < -0.3 is 24.4 Å². The molecule has 2 atom stereocenters. The number of hydrogen-bond acceptors (Lipinski definition) is 5. The first kappa shape index (κ1) is 21.5. The van der Waals surface area contributed by atoms with Crippen molar-refractivity contribution in [1.82, 2.24) is 4.90 Å². The molecule has 1 heterocycles. The number of anilines is 1. The lowest BCUT2D eigenvalue weighted by Crippen LogP contribution is -2.42. The molecule has 160 valence electrons. The fourth-order valence-corrected chi connectivity index (χ4v) is 3.37. The molecule has 2 amide bonds. The fourth-order valence-electron chi connectivity index (χ4n) is 3.37. The number of nitrogens with one attached hydrogen (secondary N) is 1. The number of nitrogens with zero attached hydrogens (tertiary/aromatic N) is 1. The Hall–Kier alpha value is -3.22. The lowest BCUT2D eigenvalue weighted by molar-refractivity contribution is -0.139. The van der Waals surface area contributed by atoms with Gasteiger partial charge >= 0.3 is 0 Å². The molecular formula is C23H28N2O5. The summed E-state index contributed by atoms with van der Waals surface area (Å²) in [7, 11) is 3.07. The number of carbonyl (C=O) groups is 2. The molecule has 1 aliphatic rings. The molecule has 1 N–H and O–H groups in total. The van der Waals surface area contributed by atoms with Crippen LogP contribution >= 0.6 is 0 Å². The Morgan fingerprint density at radius 3 is 2.47 bits per heavy atom. The average Bonchev–Trinajstić information content (AvgIpc) is 2.88. The lowest BCUT2D eigenvalue weighted by atomic mass is 10.1. The summed E-state index contributed by atoms with van der Waals surface area (Å²) in [6.45, 7) is 6.27. The molecule has 0 aromatic heterocycles. The number of hydrogen-bond donors (Lipinski definition) is 1. The van der Waals surface area contributed by atoms with E-state index < -0.39 is 6.10 Å². The third-order valence-electron chi connectivity index (χ3n) is 5.33. The van der Waals surface area contributed by atoms with Crippen molar-refractivity contribution < 1.29 is 23.8 Å². The topological polar surface area (TPSA) is 77.1 Å². The van der Waals surface area contributed by atoms with Crippen molar-refractivity contribution in [2.45, 2.75) is 45.9 Å². The van der Waals surface area contributed by atoms with Gasteiger partial charge in [0.25, 0.3) is 11.8 Å². The first-order chi connectivity index (χ1) is 14.4. The van der Waals surface area contributed by atoms with Crippen LogP contribution in [-0.4, -0.2) is 43.1 Å². The number of amides is 2. The molecule has 2 aromatic rings. The van der Waals surface area contributed by atoms with E-state index in [1.165, 1.54) is 14.2 Å². The molecule has 0 saturated carbocycles. The molecule has 0 aliphatic carbocycles. The molecule has 7 nitrogen and oxygen atoms in total. The summed E-state index contributed by atoms with van der Waals surface area (Å²) in [6.07, 6.45) is 0.298. The van der Waals surface area contributed by atoms with Crippen LogP contribution in [0.15, 0.2) is 36.4 Å². The summed E-state index contributed by atoms with van der Waals surface area (Å²) < 4.78 is 16.3. The van der Waals surface area contributed by atoms with Gasteiger partial charge in [0.2, 0.25) is 0 Å². The van der Waals surface area contributed by atoms with Crippen LogP contribution in [0.3, 0.4) is 0 Å². The zero-order chi connectivity index (χ0) is 21.8. The highest BCUT2D eigenvalue weighted by Crippen LogP contribution is 2.30. The molecule has 3 rings (SSSR count). The number of ether oxygens (including phenoxy) is 3. The van der Waals surface area contributed by atoms with Gasteiger partial charge in [-0.3, -0.25) is 9.59 Å². The maximum atomic E-state index is 12.8. The molecule has 0 saturated heterocycles. The second-order valence-corrected chi connectivity index (χ2v) is 7.36. The molecule has 0 spiro atoms. The smallest absolute Gasteiger partial charge is 0.263 e. The molecule has 30 heavy (non-hydrogen) atoms. The van der Waals surface area contributed by atoms with Crippen LogP contribution in [-0.2, 0) is 11.3 Å². The second-order valence-electron chi connectivity index (χ2n) is 7.36. The lowest BCUT2D eigenvalue weighted by Gasteiger charge is -2.28. The van der Waals surface area contributed by atoms with Crippen molar-refractivity contribution in [2.75, 3.05) is 19.5 Å². The highest BCUT2D eigenvalue weighted by molar-refractivity contribution is 6.05. The molecule has 1 aliphatic heterocycles. The van der Waals surface area contributed by atoms with Crippen molar-refractivity contribution >= 4 is 17.5 Å². The molecule has 7 heteroatoms. The van der Waals surface area contributed by atoms with Gasteiger partial charge in [0.1, 0.15) is 17.2 Å². The van der Waals surface area contributed by atoms with Crippen LogP contribution in [0.4, 0.5) is 5.69 Å². The van der Waals surface area contributed by atoms with E-state index in [0.29, 0.717) is 35.0 Å². The van der Waals surface area contributed by atoms with Gasteiger partial charge in [0, 0.05) is 35.5 Å². The summed E-state index contributed by atoms with van der Waals surface area (Å²) in [5.74, 6) is 1.40. The van der Waals surface area contributed by atoms with Crippen LogP contribution in [0.2, 0.25) is 0 Å². The summed E-state index contributed by atoms with van der Waals surface area (Å²) in [5, 5.41) is 2.90. The molecule has 0 bridgehead atoms.